The maximum Gasteiger partial charge on any atom is 0.261 e. The van der Waals surface area contributed by atoms with Gasteiger partial charge in [-0.2, -0.15) is 0 Å². The number of ether oxygens (including phenoxy) is 1. The van der Waals surface area contributed by atoms with Crippen LogP contribution in [0.2, 0.25) is 0 Å². The van der Waals surface area contributed by atoms with E-state index in [4.69, 9.17) is 0 Å². The molecule has 0 aliphatic carbocycles. The topological polar surface area (TPSA) is 55.4 Å². The molecule has 1 N–H and O–H groups in total. The molecule has 1 aromatic carbocycles. The molecular formula is C10H11BrF3NO3S. The van der Waals surface area contributed by atoms with Crippen LogP contribution in [0.3, 0.4) is 0 Å². The fourth-order valence-corrected chi connectivity index (χ4v) is 2.42. The van der Waals surface area contributed by atoms with Gasteiger partial charge in [0.25, 0.3) is 6.43 Å². The van der Waals surface area contributed by atoms with Crippen molar-refractivity contribution in [3.8, 4) is 0 Å². The van der Waals surface area contributed by atoms with E-state index in [1.807, 2.05) is 0 Å². The van der Waals surface area contributed by atoms with Crippen LogP contribution in [-0.2, 0) is 14.8 Å². The van der Waals surface area contributed by atoms with Gasteiger partial charge in [0.2, 0.25) is 10.0 Å². The highest BCUT2D eigenvalue weighted by Crippen LogP contribution is 2.19. The summed E-state index contributed by atoms with van der Waals surface area (Å²) in [5.74, 6) is -0.711. The Bertz CT molecular complexity index is 525. The quantitative estimate of drug-likeness (QED) is 0.757. The summed E-state index contributed by atoms with van der Waals surface area (Å²) in [5, 5.41) is 0. The summed E-state index contributed by atoms with van der Waals surface area (Å²) >= 11 is 2.90. The molecule has 0 radical (unpaired) electrons. The lowest BCUT2D eigenvalue weighted by Crippen LogP contribution is -2.28. The molecule has 0 aliphatic heterocycles. The SMILES string of the molecule is O=S(=O)(NCCOCC(F)F)c1ccc(Br)c(F)c1. The van der Waals surface area contributed by atoms with Gasteiger partial charge in [-0.15, -0.1) is 0 Å². The van der Waals surface area contributed by atoms with E-state index in [2.05, 4.69) is 25.4 Å². The molecule has 1 aromatic rings. The number of benzene rings is 1. The Kier molecular flexibility index (Phi) is 6.24. The molecule has 9 heteroatoms. The van der Waals surface area contributed by atoms with E-state index in [1.54, 1.807) is 0 Å². The number of nitrogens with one attached hydrogen (secondary N) is 1. The van der Waals surface area contributed by atoms with Crippen LogP contribution in [0.1, 0.15) is 0 Å². The van der Waals surface area contributed by atoms with Gasteiger partial charge in [0.1, 0.15) is 12.4 Å². The summed E-state index contributed by atoms with van der Waals surface area (Å²) in [5.41, 5.74) is 0. The number of alkyl halides is 2. The van der Waals surface area contributed by atoms with E-state index >= 15 is 0 Å². The largest absolute Gasteiger partial charge is 0.374 e. The van der Waals surface area contributed by atoms with Crippen LogP contribution in [0.5, 0.6) is 0 Å². The first kappa shape index (κ1) is 16.4. The maximum absolute atomic E-state index is 13.2. The average Bonchev–Trinajstić information content (AvgIpc) is 2.31. The van der Waals surface area contributed by atoms with Crippen molar-refractivity contribution in [2.75, 3.05) is 19.8 Å². The van der Waals surface area contributed by atoms with Gasteiger partial charge in [-0.25, -0.2) is 26.3 Å². The third kappa shape index (κ3) is 5.47. The fourth-order valence-electron chi connectivity index (χ4n) is 1.15. The van der Waals surface area contributed by atoms with E-state index in [0.29, 0.717) is 0 Å². The second-order valence-corrected chi connectivity index (χ2v) is 6.06. The zero-order valence-corrected chi connectivity index (χ0v) is 12.0. The third-order valence-electron chi connectivity index (χ3n) is 1.98. The molecule has 0 bridgehead atoms. The minimum Gasteiger partial charge on any atom is -0.374 e. The Balaban J connectivity index is 2.54. The van der Waals surface area contributed by atoms with Crippen molar-refractivity contribution in [1.82, 2.24) is 4.72 Å². The van der Waals surface area contributed by atoms with Crippen molar-refractivity contribution in [2.24, 2.45) is 0 Å². The smallest absolute Gasteiger partial charge is 0.261 e. The molecular weight excluding hydrogens is 351 g/mol. The second kappa shape index (κ2) is 7.22. The van der Waals surface area contributed by atoms with Crippen LogP contribution >= 0.6 is 15.9 Å². The molecule has 0 fully saturated rings. The predicted molar refractivity (Wildman–Crippen MR) is 66.1 cm³/mol. The maximum atomic E-state index is 13.2. The zero-order valence-electron chi connectivity index (χ0n) is 9.58. The Morgan fingerprint density at radius 3 is 2.63 bits per heavy atom. The van der Waals surface area contributed by atoms with Crippen molar-refractivity contribution >= 4 is 26.0 Å². The van der Waals surface area contributed by atoms with Crippen LogP contribution in [0.15, 0.2) is 27.6 Å². The van der Waals surface area contributed by atoms with Gasteiger partial charge in [0.05, 0.1) is 16.0 Å². The van der Waals surface area contributed by atoms with Crippen molar-refractivity contribution in [2.45, 2.75) is 11.3 Å². The molecule has 0 unspecified atom stereocenters. The van der Waals surface area contributed by atoms with Crippen molar-refractivity contribution < 1.29 is 26.3 Å². The predicted octanol–water partition coefficient (Wildman–Crippen LogP) is 2.15. The minimum atomic E-state index is -3.88. The molecule has 0 atom stereocenters. The minimum absolute atomic E-state index is 0.145. The molecule has 1 rings (SSSR count). The highest BCUT2D eigenvalue weighted by Gasteiger charge is 2.15. The lowest BCUT2D eigenvalue weighted by molar-refractivity contribution is 0.0199. The van der Waals surface area contributed by atoms with Gasteiger partial charge in [-0.05, 0) is 34.1 Å². The van der Waals surface area contributed by atoms with Gasteiger partial charge >= 0.3 is 0 Å². The molecule has 0 aliphatic rings. The fraction of sp³-hybridized carbons (Fsp3) is 0.400. The lowest BCUT2D eigenvalue weighted by atomic mass is 10.3. The van der Waals surface area contributed by atoms with Crippen LogP contribution in [0.4, 0.5) is 13.2 Å². The number of hydrogen-bond donors (Lipinski definition) is 1. The highest BCUT2D eigenvalue weighted by atomic mass is 79.9. The van der Waals surface area contributed by atoms with Crippen molar-refractivity contribution in [3.05, 3.63) is 28.5 Å². The summed E-state index contributed by atoms with van der Waals surface area (Å²) in [6.45, 7) is -1.12. The van der Waals surface area contributed by atoms with Gasteiger partial charge in [-0.3, -0.25) is 0 Å². The third-order valence-corrected chi connectivity index (χ3v) is 4.09. The van der Waals surface area contributed by atoms with E-state index in [9.17, 15) is 21.6 Å². The summed E-state index contributed by atoms with van der Waals surface area (Å²) in [7, 11) is -3.88. The average molecular weight is 362 g/mol. The Morgan fingerprint density at radius 2 is 2.05 bits per heavy atom. The van der Waals surface area contributed by atoms with Crippen LogP contribution < -0.4 is 4.72 Å². The molecule has 0 heterocycles. The number of sulfonamides is 1. The first-order chi connectivity index (χ1) is 8.83. The summed E-state index contributed by atoms with van der Waals surface area (Å²) in [6, 6.07) is 3.33. The summed E-state index contributed by atoms with van der Waals surface area (Å²) in [4.78, 5) is -0.248. The van der Waals surface area contributed by atoms with Crippen molar-refractivity contribution in [3.63, 3.8) is 0 Å². The summed E-state index contributed by atoms with van der Waals surface area (Å²) in [6.07, 6.45) is -2.60. The standard InChI is InChI=1S/C10H11BrF3NO3S/c11-8-2-1-7(5-9(8)12)19(16,17)15-3-4-18-6-10(13)14/h1-2,5,10,15H,3-4,6H2. The first-order valence-electron chi connectivity index (χ1n) is 5.13. The molecule has 0 aromatic heterocycles. The second-order valence-electron chi connectivity index (χ2n) is 3.44. The highest BCUT2D eigenvalue weighted by molar-refractivity contribution is 9.10. The number of halogens is 4. The van der Waals surface area contributed by atoms with Gasteiger partial charge < -0.3 is 4.74 Å². The number of hydrogen-bond acceptors (Lipinski definition) is 3. The van der Waals surface area contributed by atoms with E-state index in [0.717, 1.165) is 6.07 Å². The molecule has 0 amide bonds. The zero-order chi connectivity index (χ0) is 14.5. The molecule has 108 valence electrons. The van der Waals surface area contributed by atoms with E-state index in [-0.39, 0.29) is 22.5 Å². The molecule has 0 spiro atoms. The Labute approximate surface area is 117 Å². The van der Waals surface area contributed by atoms with Crippen LogP contribution in [-0.4, -0.2) is 34.6 Å². The first-order valence-corrected chi connectivity index (χ1v) is 7.41. The van der Waals surface area contributed by atoms with Crippen molar-refractivity contribution in [1.29, 1.82) is 0 Å². The summed E-state index contributed by atoms with van der Waals surface area (Å²) < 4.78 is 66.8. The molecule has 4 nitrogen and oxygen atoms in total. The van der Waals surface area contributed by atoms with Gasteiger partial charge in [-0.1, -0.05) is 0 Å². The Hall–Kier alpha value is -0.640. The van der Waals surface area contributed by atoms with Gasteiger partial charge in [0, 0.05) is 6.54 Å². The van der Waals surface area contributed by atoms with E-state index < -0.39 is 28.9 Å². The monoisotopic (exact) mass is 361 g/mol. The van der Waals surface area contributed by atoms with Gasteiger partial charge in [0.15, 0.2) is 0 Å². The number of rotatable bonds is 7. The Morgan fingerprint density at radius 1 is 1.37 bits per heavy atom. The lowest BCUT2D eigenvalue weighted by Gasteiger charge is -2.07. The molecule has 0 saturated carbocycles. The van der Waals surface area contributed by atoms with Crippen LogP contribution in [0, 0.1) is 5.82 Å². The molecule has 19 heavy (non-hydrogen) atoms. The van der Waals surface area contributed by atoms with E-state index in [1.165, 1.54) is 12.1 Å². The molecule has 0 saturated heterocycles. The van der Waals surface area contributed by atoms with Crippen LogP contribution in [0.25, 0.3) is 0 Å². The normalized spacial score (nSPS) is 12.1.